The van der Waals surface area contributed by atoms with Crippen LogP contribution in [0.5, 0.6) is 0 Å². The summed E-state index contributed by atoms with van der Waals surface area (Å²) in [6, 6.07) is 10.5. The molecule has 0 atom stereocenters. The lowest BCUT2D eigenvalue weighted by molar-refractivity contribution is 0.680. The highest BCUT2D eigenvalue weighted by Gasteiger charge is 2.18. The Morgan fingerprint density at radius 1 is 1.14 bits per heavy atom. The van der Waals surface area contributed by atoms with Crippen molar-refractivity contribution in [3.05, 3.63) is 41.6 Å². The fourth-order valence-electron chi connectivity index (χ4n) is 2.72. The summed E-state index contributed by atoms with van der Waals surface area (Å²) in [6.07, 6.45) is 3.08. The standard InChI is InChI=1S/C17H26N4/c1-4-9-15-16(18)17(20(3)19-15)21(12-5-2)13-14-10-7-6-8-11-14/h6-8,10-11H,4-5,9,12-13,18H2,1-3H3. The zero-order valence-electron chi connectivity index (χ0n) is 13.3. The van der Waals surface area contributed by atoms with Crippen LogP contribution in [0, 0.1) is 0 Å². The Labute approximate surface area is 127 Å². The minimum absolute atomic E-state index is 0.837. The van der Waals surface area contributed by atoms with Gasteiger partial charge in [-0.05, 0) is 18.4 Å². The van der Waals surface area contributed by atoms with Crippen molar-refractivity contribution in [2.45, 2.75) is 39.7 Å². The van der Waals surface area contributed by atoms with E-state index < -0.39 is 0 Å². The minimum atomic E-state index is 0.837. The van der Waals surface area contributed by atoms with Gasteiger partial charge in [0.05, 0.1) is 11.4 Å². The van der Waals surface area contributed by atoms with Crippen molar-refractivity contribution in [3.8, 4) is 0 Å². The molecule has 0 aliphatic rings. The molecule has 0 radical (unpaired) electrons. The van der Waals surface area contributed by atoms with Gasteiger partial charge >= 0.3 is 0 Å². The van der Waals surface area contributed by atoms with Crippen LogP contribution >= 0.6 is 0 Å². The Kier molecular flexibility index (Phi) is 5.26. The number of nitrogen functional groups attached to an aromatic ring is 1. The second kappa shape index (κ2) is 7.16. The van der Waals surface area contributed by atoms with Gasteiger partial charge in [-0.25, -0.2) is 0 Å². The van der Waals surface area contributed by atoms with Crippen LogP contribution < -0.4 is 10.6 Å². The third-order valence-electron chi connectivity index (χ3n) is 3.63. The molecule has 1 aromatic carbocycles. The van der Waals surface area contributed by atoms with Gasteiger partial charge in [-0.1, -0.05) is 50.6 Å². The second-order valence-corrected chi connectivity index (χ2v) is 5.46. The maximum absolute atomic E-state index is 6.35. The highest BCUT2D eigenvalue weighted by Crippen LogP contribution is 2.28. The number of aromatic nitrogens is 2. The quantitative estimate of drug-likeness (QED) is 0.849. The number of rotatable bonds is 7. The van der Waals surface area contributed by atoms with Crippen molar-refractivity contribution in [3.63, 3.8) is 0 Å². The Morgan fingerprint density at radius 3 is 2.48 bits per heavy atom. The Hall–Kier alpha value is -1.97. The van der Waals surface area contributed by atoms with Gasteiger partial charge in [0.2, 0.25) is 0 Å². The van der Waals surface area contributed by atoms with E-state index in [2.05, 4.69) is 48.1 Å². The first kappa shape index (κ1) is 15.4. The van der Waals surface area contributed by atoms with Crippen LogP contribution in [0.4, 0.5) is 11.5 Å². The average Bonchev–Trinajstić information content (AvgIpc) is 2.75. The molecule has 0 spiro atoms. The molecule has 4 nitrogen and oxygen atoms in total. The first-order valence-corrected chi connectivity index (χ1v) is 7.77. The van der Waals surface area contributed by atoms with E-state index in [9.17, 15) is 0 Å². The molecule has 0 bridgehead atoms. The summed E-state index contributed by atoms with van der Waals surface area (Å²) >= 11 is 0. The summed E-state index contributed by atoms with van der Waals surface area (Å²) < 4.78 is 1.93. The third-order valence-corrected chi connectivity index (χ3v) is 3.63. The maximum Gasteiger partial charge on any atom is 0.150 e. The zero-order chi connectivity index (χ0) is 15.2. The largest absolute Gasteiger partial charge is 0.394 e. The molecular weight excluding hydrogens is 260 g/mol. The summed E-state index contributed by atoms with van der Waals surface area (Å²) in [5.74, 6) is 1.05. The van der Waals surface area contributed by atoms with Crippen LogP contribution in [0.2, 0.25) is 0 Å². The molecule has 0 saturated carbocycles. The summed E-state index contributed by atoms with van der Waals surface area (Å²) in [5, 5.41) is 4.59. The molecule has 2 rings (SSSR count). The van der Waals surface area contributed by atoms with Crippen molar-refractivity contribution in [1.82, 2.24) is 9.78 Å². The van der Waals surface area contributed by atoms with Crippen LogP contribution in [0.3, 0.4) is 0 Å². The number of benzene rings is 1. The molecule has 114 valence electrons. The minimum Gasteiger partial charge on any atom is -0.394 e. The van der Waals surface area contributed by atoms with Crippen molar-refractivity contribution in [2.75, 3.05) is 17.2 Å². The fourth-order valence-corrected chi connectivity index (χ4v) is 2.72. The molecule has 0 aliphatic heterocycles. The number of hydrogen-bond donors (Lipinski definition) is 1. The Balaban J connectivity index is 2.29. The average molecular weight is 286 g/mol. The van der Waals surface area contributed by atoms with Gasteiger partial charge < -0.3 is 10.6 Å². The summed E-state index contributed by atoms with van der Waals surface area (Å²) in [5.41, 5.74) is 9.50. The predicted molar refractivity (Wildman–Crippen MR) is 89.4 cm³/mol. The molecule has 0 fully saturated rings. The first-order chi connectivity index (χ1) is 10.2. The van der Waals surface area contributed by atoms with Gasteiger partial charge in [-0.15, -0.1) is 0 Å². The molecule has 1 aromatic heterocycles. The third kappa shape index (κ3) is 3.57. The topological polar surface area (TPSA) is 47.1 Å². The number of nitrogens with zero attached hydrogens (tertiary/aromatic N) is 3. The lowest BCUT2D eigenvalue weighted by Gasteiger charge is -2.25. The van der Waals surface area contributed by atoms with Gasteiger partial charge in [0.1, 0.15) is 0 Å². The number of nitrogens with two attached hydrogens (primary N) is 1. The normalized spacial score (nSPS) is 10.8. The van der Waals surface area contributed by atoms with Gasteiger partial charge in [0, 0.05) is 20.1 Å². The van der Waals surface area contributed by atoms with Crippen molar-refractivity contribution in [1.29, 1.82) is 0 Å². The monoisotopic (exact) mass is 286 g/mol. The lowest BCUT2D eigenvalue weighted by Crippen LogP contribution is -2.26. The Bertz CT molecular complexity index is 560. The molecule has 0 unspecified atom stereocenters. The van der Waals surface area contributed by atoms with Crippen molar-refractivity contribution in [2.24, 2.45) is 7.05 Å². The summed E-state index contributed by atoms with van der Waals surface area (Å²) in [7, 11) is 1.98. The highest BCUT2D eigenvalue weighted by atomic mass is 15.4. The van der Waals surface area contributed by atoms with Crippen LogP contribution in [0.1, 0.15) is 37.9 Å². The lowest BCUT2D eigenvalue weighted by atomic mass is 10.2. The molecule has 0 amide bonds. The number of anilines is 2. The Morgan fingerprint density at radius 2 is 1.86 bits per heavy atom. The van der Waals surface area contributed by atoms with Crippen molar-refractivity contribution >= 4 is 11.5 Å². The van der Waals surface area contributed by atoms with Gasteiger partial charge in [-0.3, -0.25) is 4.68 Å². The van der Waals surface area contributed by atoms with E-state index in [0.29, 0.717) is 0 Å². The van der Waals surface area contributed by atoms with Crippen LogP contribution in [-0.4, -0.2) is 16.3 Å². The van der Waals surface area contributed by atoms with Gasteiger partial charge in [-0.2, -0.15) is 5.10 Å². The first-order valence-electron chi connectivity index (χ1n) is 7.77. The van der Waals surface area contributed by atoms with Gasteiger partial charge in [0.15, 0.2) is 5.82 Å². The van der Waals surface area contributed by atoms with Crippen LogP contribution in [0.25, 0.3) is 0 Å². The van der Waals surface area contributed by atoms with Crippen LogP contribution in [0.15, 0.2) is 30.3 Å². The summed E-state index contributed by atoms with van der Waals surface area (Å²) in [6.45, 7) is 6.19. The van der Waals surface area contributed by atoms with E-state index in [1.54, 1.807) is 0 Å². The molecular formula is C17H26N4. The predicted octanol–water partition coefficient (Wildman–Crippen LogP) is 3.37. The molecule has 2 aromatic rings. The molecule has 4 heteroatoms. The summed E-state index contributed by atoms with van der Waals surface area (Å²) in [4.78, 5) is 2.33. The highest BCUT2D eigenvalue weighted by molar-refractivity contribution is 5.66. The van der Waals surface area contributed by atoms with E-state index >= 15 is 0 Å². The molecule has 21 heavy (non-hydrogen) atoms. The van der Waals surface area contributed by atoms with E-state index in [1.807, 2.05) is 17.8 Å². The van der Waals surface area contributed by atoms with Crippen LogP contribution in [-0.2, 0) is 20.0 Å². The number of hydrogen-bond acceptors (Lipinski definition) is 3. The SMILES string of the molecule is CCCc1nn(C)c(N(CCC)Cc2ccccc2)c1N. The van der Waals surface area contributed by atoms with E-state index in [-0.39, 0.29) is 0 Å². The molecule has 0 saturated heterocycles. The molecule has 1 heterocycles. The second-order valence-electron chi connectivity index (χ2n) is 5.46. The maximum atomic E-state index is 6.35. The van der Waals surface area contributed by atoms with Crippen molar-refractivity contribution < 1.29 is 0 Å². The zero-order valence-corrected chi connectivity index (χ0v) is 13.3. The fraction of sp³-hybridized carbons (Fsp3) is 0.471. The smallest absolute Gasteiger partial charge is 0.150 e. The molecule has 2 N–H and O–H groups in total. The number of aryl methyl sites for hydroxylation is 2. The van der Waals surface area contributed by atoms with E-state index in [0.717, 1.165) is 49.6 Å². The van der Waals surface area contributed by atoms with E-state index in [4.69, 9.17) is 5.73 Å². The molecule has 0 aliphatic carbocycles. The van der Waals surface area contributed by atoms with Gasteiger partial charge in [0.25, 0.3) is 0 Å². The van der Waals surface area contributed by atoms with E-state index in [1.165, 1.54) is 5.56 Å².